The monoisotopic (exact) mass is 336 g/mol. The fourth-order valence-electron chi connectivity index (χ4n) is 3.00. The van der Waals surface area contributed by atoms with Gasteiger partial charge in [-0.05, 0) is 44.6 Å². The summed E-state index contributed by atoms with van der Waals surface area (Å²) in [7, 11) is 0. The molecule has 1 rings (SSSR count). The maximum atomic E-state index is 11.9. The topological polar surface area (TPSA) is 26.3 Å². The quantitative estimate of drug-likeness (QED) is 0.173. The molecule has 0 amide bonds. The fourth-order valence-corrected chi connectivity index (χ4v) is 3.00. The molecule has 0 bridgehead atoms. The summed E-state index contributed by atoms with van der Waals surface area (Å²) in [6, 6.07) is 0. The number of esters is 1. The van der Waals surface area contributed by atoms with Gasteiger partial charge in [0.15, 0.2) is 0 Å². The van der Waals surface area contributed by atoms with Gasteiger partial charge in [-0.15, -0.1) is 0 Å². The lowest BCUT2D eigenvalue weighted by Gasteiger charge is -2.14. The summed E-state index contributed by atoms with van der Waals surface area (Å²) in [6.07, 6.45) is 22.9. The molecular weight excluding hydrogens is 296 g/mol. The van der Waals surface area contributed by atoms with E-state index in [2.05, 4.69) is 26.0 Å². The van der Waals surface area contributed by atoms with E-state index in [9.17, 15) is 4.79 Å². The summed E-state index contributed by atoms with van der Waals surface area (Å²) in [5, 5.41) is 0. The number of rotatable bonds is 16. The summed E-state index contributed by atoms with van der Waals surface area (Å²) >= 11 is 0. The number of carbonyl (C=O) groups is 1. The SMILES string of the molecule is CCCCCCCCC=CC(CCCCCCC)OC(=O)C1CC1. The van der Waals surface area contributed by atoms with Crippen LogP contribution in [-0.2, 0) is 9.53 Å². The molecule has 0 aromatic rings. The van der Waals surface area contributed by atoms with Crippen molar-refractivity contribution < 1.29 is 9.53 Å². The van der Waals surface area contributed by atoms with Crippen LogP contribution in [0.3, 0.4) is 0 Å². The first-order chi connectivity index (χ1) is 11.8. The van der Waals surface area contributed by atoms with Gasteiger partial charge >= 0.3 is 5.97 Å². The molecule has 1 atom stereocenters. The molecular formula is C22H40O2. The third-order valence-electron chi connectivity index (χ3n) is 4.85. The van der Waals surface area contributed by atoms with Crippen LogP contribution in [0.4, 0.5) is 0 Å². The van der Waals surface area contributed by atoms with Gasteiger partial charge in [-0.3, -0.25) is 4.79 Å². The second kappa shape index (κ2) is 14.5. The third-order valence-corrected chi connectivity index (χ3v) is 4.85. The summed E-state index contributed by atoms with van der Waals surface area (Å²) < 4.78 is 5.71. The van der Waals surface area contributed by atoms with E-state index >= 15 is 0 Å². The smallest absolute Gasteiger partial charge is 0.309 e. The standard InChI is InChI=1S/C22H40O2/c1-3-5-7-9-10-11-13-15-17-21(16-14-12-8-6-4-2)24-22(23)20-18-19-20/h15,17,20-21H,3-14,16,18-19H2,1-2H3. The van der Waals surface area contributed by atoms with Gasteiger partial charge in [0, 0.05) is 0 Å². The molecule has 24 heavy (non-hydrogen) atoms. The van der Waals surface area contributed by atoms with Gasteiger partial charge in [-0.25, -0.2) is 0 Å². The Morgan fingerprint density at radius 2 is 1.50 bits per heavy atom. The molecule has 0 aromatic heterocycles. The molecule has 1 aliphatic rings. The Labute approximate surface area is 150 Å². The second-order valence-corrected chi connectivity index (χ2v) is 7.44. The first-order valence-corrected chi connectivity index (χ1v) is 10.6. The molecule has 0 N–H and O–H groups in total. The predicted molar refractivity (Wildman–Crippen MR) is 103 cm³/mol. The molecule has 0 saturated heterocycles. The number of carbonyl (C=O) groups excluding carboxylic acids is 1. The zero-order valence-electron chi connectivity index (χ0n) is 16.2. The van der Waals surface area contributed by atoms with Gasteiger partial charge in [0.2, 0.25) is 0 Å². The van der Waals surface area contributed by atoms with Crippen LogP contribution in [0.2, 0.25) is 0 Å². The molecule has 0 spiro atoms. The van der Waals surface area contributed by atoms with E-state index in [1.54, 1.807) is 0 Å². The summed E-state index contributed by atoms with van der Waals surface area (Å²) in [5.74, 6) is 0.248. The zero-order chi connectivity index (χ0) is 17.5. The van der Waals surface area contributed by atoms with Gasteiger partial charge < -0.3 is 4.74 Å². The van der Waals surface area contributed by atoms with Gasteiger partial charge in [-0.2, -0.15) is 0 Å². The average Bonchev–Trinajstić information content (AvgIpc) is 3.41. The highest BCUT2D eigenvalue weighted by Gasteiger charge is 2.32. The van der Waals surface area contributed by atoms with Crippen LogP contribution in [-0.4, -0.2) is 12.1 Å². The van der Waals surface area contributed by atoms with Crippen LogP contribution in [0.25, 0.3) is 0 Å². The number of ether oxygens (including phenoxy) is 1. The number of hydrogen-bond acceptors (Lipinski definition) is 2. The van der Waals surface area contributed by atoms with Crippen molar-refractivity contribution in [2.75, 3.05) is 0 Å². The van der Waals surface area contributed by atoms with E-state index in [1.807, 2.05) is 0 Å². The number of unbranched alkanes of at least 4 members (excludes halogenated alkanes) is 10. The van der Waals surface area contributed by atoms with Crippen LogP contribution in [0.15, 0.2) is 12.2 Å². The highest BCUT2D eigenvalue weighted by atomic mass is 16.5. The minimum Gasteiger partial charge on any atom is -0.458 e. The van der Waals surface area contributed by atoms with Crippen LogP contribution in [0, 0.1) is 5.92 Å². The maximum Gasteiger partial charge on any atom is 0.309 e. The van der Waals surface area contributed by atoms with Gasteiger partial charge in [0.05, 0.1) is 5.92 Å². The number of hydrogen-bond donors (Lipinski definition) is 0. The molecule has 140 valence electrons. The van der Waals surface area contributed by atoms with E-state index in [4.69, 9.17) is 4.74 Å². The highest BCUT2D eigenvalue weighted by Crippen LogP contribution is 2.31. The van der Waals surface area contributed by atoms with Crippen molar-refractivity contribution in [1.82, 2.24) is 0 Å². The summed E-state index contributed by atoms with van der Waals surface area (Å²) in [4.78, 5) is 11.9. The largest absolute Gasteiger partial charge is 0.458 e. The van der Waals surface area contributed by atoms with Crippen molar-refractivity contribution >= 4 is 5.97 Å². The first-order valence-electron chi connectivity index (χ1n) is 10.6. The van der Waals surface area contributed by atoms with Crippen LogP contribution < -0.4 is 0 Å². The lowest BCUT2D eigenvalue weighted by atomic mass is 10.1. The van der Waals surface area contributed by atoms with E-state index in [0.717, 1.165) is 25.7 Å². The maximum absolute atomic E-state index is 11.9. The van der Waals surface area contributed by atoms with Crippen molar-refractivity contribution in [3.8, 4) is 0 Å². The summed E-state index contributed by atoms with van der Waals surface area (Å²) in [6.45, 7) is 4.50. The van der Waals surface area contributed by atoms with Gasteiger partial charge in [0.1, 0.15) is 6.10 Å². The molecule has 0 radical (unpaired) electrons. The van der Waals surface area contributed by atoms with Gasteiger partial charge in [0.25, 0.3) is 0 Å². The van der Waals surface area contributed by atoms with Gasteiger partial charge in [-0.1, -0.05) is 77.7 Å². The Balaban J connectivity index is 2.18. The van der Waals surface area contributed by atoms with Crippen LogP contribution in [0.1, 0.15) is 110 Å². The lowest BCUT2D eigenvalue weighted by Crippen LogP contribution is -2.17. The zero-order valence-corrected chi connectivity index (χ0v) is 16.2. The molecule has 0 heterocycles. The van der Waals surface area contributed by atoms with Crippen LogP contribution >= 0.6 is 0 Å². The lowest BCUT2D eigenvalue weighted by molar-refractivity contribution is -0.148. The molecule has 2 nitrogen and oxygen atoms in total. The van der Waals surface area contributed by atoms with Crippen molar-refractivity contribution in [2.45, 2.75) is 116 Å². The van der Waals surface area contributed by atoms with E-state index in [-0.39, 0.29) is 18.0 Å². The normalized spacial score (nSPS) is 15.8. The molecule has 1 fully saturated rings. The van der Waals surface area contributed by atoms with Crippen molar-refractivity contribution in [3.05, 3.63) is 12.2 Å². The van der Waals surface area contributed by atoms with Crippen molar-refractivity contribution in [2.24, 2.45) is 5.92 Å². The Hall–Kier alpha value is -0.790. The molecule has 0 aliphatic heterocycles. The van der Waals surface area contributed by atoms with Crippen LogP contribution in [0.5, 0.6) is 0 Å². The third kappa shape index (κ3) is 11.7. The molecule has 1 saturated carbocycles. The average molecular weight is 337 g/mol. The fraction of sp³-hybridized carbons (Fsp3) is 0.864. The Kier molecular flexibility index (Phi) is 12.9. The second-order valence-electron chi connectivity index (χ2n) is 7.44. The predicted octanol–water partition coefficient (Wildman–Crippen LogP) is 6.98. The van der Waals surface area contributed by atoms with Crippen molar-refractivity contribution in [1.29, 1.82) is 0 Å². The number of allylic oxidation sites excluding steroid dienone is 1. The highest BCUT2D eigenvalue weighted by molar-refractivity contribution is 5.75. The molecule has 1 aliphatic carbocycles. The van der Waals surface area contributed by atoms with E-state index in [1.165, 1.54) is 70.6 Å². The molecule has 1 unspecified atom stereocenters. The first kappa shape index (κ1) is 21.3. The van der Waals surface area contributed by atoms with E-state index < -0.39 is 0 Å². The minimum atomic E-state index is 0.0137. The Morgan fingerprint density at radius 1 is 0.917 bits per heavy atom. The summed E-state index contributed by atoms with van der Waals surface area (Å²) in [5.41, 5.74) is 0. The Bertz CT molecular complexity index is 331. The minimum absolute atomic E-state index is 0.0137. The molecule has 2 heteroatoms. The van der Waals surface area contributed by atoms with E-state index in [0.29, 0.717) is 0 Å². The molecule has 0 aromatic carbocycles. The van der Waals surface area contributed by atoms with Crippen molar-refractivity contribution in [3.63, 3.8) is 0 Å². The Morgan fingerprint density at radius 3 is 2.12 bits per heavy atom.